The van der Waals surface area contributed by atoms with Crippen LogP contribution in [0.2, 0.25) is 0 Å². The van der Waals surface area contributed by atoms with E-state index in [1.165, 1.54) is 0 Å². The zero-order valence-corrected chi connectivity index (χ0v) is 11.5. The van der Waals surface area contributed by atoms with Gasteiger partial charge in [0, 0.05) is 32.6 Å². The summed E-state index contributed by atoms with van der Waals surface area (Å²) in [4.78, 5) is 7.11. The lowest BCUT2D eigenvalue weighted by atomic mass is 10.2. The molecule has 18 heavy (non-hydrogen) atoms. The number of aromatic nitrogens is 1. The molecule has 0 aliphatic rings. The van der Waals surface area contributed by atoms with E-state index in [-0.39, 0.29) is 5.84 Å². The van der Waals surface area contributed by atoms with Gasteiger partial charge in [0.05, 0.1) is 0 Å². The Hall–Kier alpha value is -1.46. The summed E-state index contributed by atoms with van der Waals surface area (Å²) < 4.78 is 0. The first-order valence-electron chi connectivity index (χ1n) is 5.31. The highest BCUT2D eigenvalue weighted by atomic mass is 32.2. The summed E-state index contributed by atoms with van der Waals surface area (Å²) in [5.74, 6) is 0.108. The van der Waals surface area contributed by atoms with Crippen LogP contribution in [0.4, 0.5) is 0 Å². The van der Waals surface area contributed by atoms with E-state index in [2.05, 4.69) is 4.98 Å². The van der Waals surface area contributed by atoms with Crippen LogP contribution in [-0.4, -0.2) is 17.1 Å². The fourth-order valence-electron chi connectivity index (χ4n) is 1.56. The SMILES string of the molecule is CSc1cccc(Sc2ccncc2)c1C(=N)N. The molecule has 0 spiro atoms. The quantitative estimate of drug-likeness (QED) is 0.511. The summed E-state index contributed by atoms with van der Waals surface area (Å²) in [7, 11) is 0. The maximum atomic E-state index is 7.72. The molecule has 0 aliphatic heterocycles. The molecule has 0 saturated carbocycles. The van der Waals surface area contributed by atoms with Gasteiger partial charge in [-0.15, -0.1) is 11.8 Å². The van der Waals surface area contributed by atoms with Gasteiger partial charge in [-0.2, -0.15) is 0 Å². The number of amidine groups is 1. The van der Waals surface area contributed by atoms with Crippen LogP contribution in [0.3, 0.4) is 0 Å². The Morgan fingerprint density at radius 3 is 2.44 bits per heavy atom. The molecule has 0 aliphatic carbocycles. The Kier molecular flexibility index (Phi) is 4.28. The number of nitrogens with zero attached hydrogens (tertiary/aromatic N) is 1. The molecule has 0 atom stereocenters. The standard InChI is InChI=1S/C13H13N3S2/c1-17-10-3-2-4-11(12(10)13(14)15)18-9-5-7-16-8-6-9/h2-8H,1H3,(H3,14,15). The molecule has 0 unspecified atom stereocenters. The normalized spacial score (nSPS) is 10.3. The van der Waals surface area contributed by atoms with Crippen LogP contribution >= 0.6 is 23.5 Å². The smallest absolute Gasteiger partial charge is 0.125 e. The average Bonchev–Trinajstić information content (AvgIpc) is 2.39. The summed E-state index contributed by atoms with van der Waals surface area (Å²) in [6.45, 7) is 0. The van der Waals surface area contributed by atoms with Crippen molar-refractivity contribution in [3.05, 3.63) is 48.3 Å². The maximum absolute atomic E-state index is 7.72. The van der Waals surface area contributed by atoms with Crippen LogP contribution in [0.25, 0.3) is 0 Å². The molecule has 1 heterocycles. The zero-order valence-electron chi connectivity index (χ0n) is 9.88. The van der Waals surface area contributed by atoms with E-state index in [4.69, 9.17) is 11.1 Å². The van der Waals surface area contributed by atoms with Crippen LogP contribution < -0.4 is 5.73 Å². The van der Waals surface area contributed by atoms with Gasteiger partial charge in [0.2, 0.25) is 0 Å². The molecule has 92 valence electrons. The number of nitrogens with one attached hydrogen (secondary N) is 1. The second-order valence-electron chi connectivity index (χ2n) is 3.53. The highest BCUT2D eigenvalue weighted by molar-refractivity contribution is 8.00. The van der Waals surface area contributed by atoms with Crippen molar-refractivity contribution in [2.45, 2.75) is 14.7 Å². The Morgan fingerprint density at radius 2 is 1.83 bits per heavy atom. The first-order valence-corrected chi connectivity index (χ1v) is 7.35. The van der Waals surface area contributed by atoms with E-state index in [9.17, 15) is 0 Å². The van der Waals surface area contributed by atoms with Crippen LogP contribution in [0.1, 0.15) is 5.56 Å². The lowest BCUT2D eigenvalue weighted by Crippen LogP contribution is -2.13. The fourth-order valence-corrected chi connectivity index (χ4v) is 3.25. The molecule has 3 nitrogen and oxygen atoms in total. The number of hydrogen-bond acceptors (Lipinski definition) is 4. The van der Waals surface area contributed by atoms with Gasteiger partial charge in [-0.3, -0.25) is 10.4 Å². The van der Waals surface area contributed by atoms with E-state index in [0.29, 0.717) is 0 Å². The summed E-state index contributed by atoms with van der Waals surface area (Å²) in [6.07, 6.45) is 5.51. The number of benzene rings is 1. The van der Waals surface area contributed by atoms with E-state index in [0.717, 1.165) is 20.2 Å². The highest BCUT2D eigenvalue weighted by Gasteiger charge is 2.11. The molecule has 2 rings (SSSR count). The fraction of sp³-hybridized carbons (Fsp3) is 0.0769. The second-order valence-corrected chi connectivity index (χ2v) is 5.50. The van der Waals surface area contributed by atoms with Gasteiger partial charge >= 0.3 is 0 Å². The molecule has 0 radical (unpaired) electrons. The van der Waals surface area contributed by atoms with Crippen molar-refractivity contribution in [2.24, 2.45) is 5.73 Å². The van der Waals surface area contributed by atoms with Crippen molar-refractivity contribution in [2.75, 3.05) is 6.26 Å². The minimum atomic E-state index is 0.108. The van der Waals surface area contributed by atoms with Gasteiger partial charge in [0.15, 0.2) is 0 Å². The summed E-state index contributed by atoms with van der Waals surface area (Å²) in [5.41, 5.74) is 6.50. The van der Waals surface area contributed by atoms with E-state index < -0.39 is 0 Å². The molecule has 1 aromatic carbocycles. The second kappa shape index (κ2) is 5.93. The molecule has 0 saturated heterocycles. The van der Waals surface area contributed by atoms with Crippen LogP contribution in [0.5, 0.6) is 0 Å². The molecular formula is C13H13N3S2. The predicted molar refractivity (Wildman–Crippen MR) is 77.6 cm³/mol. The topological polar surface area (TPSA) is 62.8 Å². The van der Waals surface area contributed by atoms with Crippen molar-refractivity contribution in [3.63, 3.8) is 0 Å². The largest absolute Gasteiger partial charge is 0.384 e. The van der Waals surface area contributed by atoms with Crippen molar-refractivity contribution in [3.8, 4) is 0 Å². The molecule has 2 aromatic rings. The Bertz CT molecular complexity index is 555. The van der Waals surface area contributed by atoms with E-state index >= 15 is 0 Å². The van der Waals surface area contributed by atoms with E-state index in [1.54, 1.807) is 35.9 Å². The molecule has 0 amide bonds. The third-order valence-electron chi connectivity index (χ3n) is 2.35. The Morgan fingerprint density at radius 1 is 1.17 bits per heavy atom. The monoisotopic (exact) mass is 275 g/mol. The highest BCUT2D eigenvalue weighted by Crippen LogP contribution is 2.34. The molecule has 5 heteroatoms. The maximum Gasteiger partial charge on any atom is 0.125 e. The van der Waals surface area contributed by atoms with Gasteiger partial charge < -0.3 is 5.73 Å². The predicted octanol–water partition coefficient (Wildman–Crippen LogP) is 3.24. The number of thioether (sulfide) groups is 1. The lowest BCUT2D eigenvalue weighted by Gasteiger charge is -2.11. The first kappa shape index (κ1) is 13.0. The number of rotatable bonds is 4. The number of pyridine rings is 1. The van der Waals surface area contributed by atoms with E-state index in [1.807, 2.05) is 36.6 Å². The summed E-state index contributed by atoms with van der Waals surface area (Å²) >= 11 is 3.20. The zero-order chi connectivity index (χ0) is 13.0. The van der Waals surface area contributed by atoms with Crippen LogP contribution in [0, 0.1) is 5.41 Å². The van der Waals surface area contributed by atoms with Crippen molar-refractivity contribution in [1.29, 1.82) is 5.41 Å². The third kappa shape index (κ3) is 2.86. The number of nitrogen functional groups attached to an aromatic ring is 1. The minimum absolute atomic E-state index is 0.108. The molecule has 1 aromatic heterocycles. The number of hydrogen-bond donors (Lipinski definition) is 2. The molecule has 0 bridgehead atoms. The number of nitrogens with two attached hydrogens (primary N) is 1. The third-order valence-corrected chi connectivity index (χ3v) is 4.20. The van der Waals surface area contributed by atoms with Crippen molar-refractivity contribution < 1.29 is 0 Å². The van der Waals surface area contributed by atoms with Crippen molar-refractivity contribution >= 4 is 29.4 Å². The summed E-state index contributed by atoms with van der Waals surface area (Å²) in [6, 6.07) is 9.85. The van der Waals surface area contributed by atoms with Gasteiger partial charge in [0.1, 0.15) is 5.84 Å². The van der Waals surface area contributed by atoms with Gasteiger partial charge in [-0.05, 0) is 30.5 Å². The van der Waals surface area contributed by atoms with Gasteiger partial charge in [-0.25, -0.2) is 0 Å². The molecular weight excluding hydrogens is 262 g/mol. The first-order chi connectivity index (χ1) is 8.72. The van der Waals surface area contributed by atoms with Gasteiger partial charge in [0.25, 0.3) is 0 Å². The van der Waals surface area contributed by atoms with Crippen LogP contribution in [0.15, 0.2) is 57.4 Å². The lowest BCUT2D eigenvalue weighted by molar-refractivity contribution is 1.23. The van der Waals surface area contributed by atoms with Crippen LogP contribution in [-0.2, 0) is 0 Å². The minimum Gasteiger partial charge on any atom is -0.384 e. The summed E-state index contributed by atoms with van der Waals surface area (Å²) in [5, 5.41) is 7.72. The molecule has 3 N–H and O–H groups in total. The Labute approximate surface area is 115 Å². The molecule has 0 fully saturated rings. The Balaban J connectivity index is 2.42. The van der Waals surface area contributed by atoms with Crippen molar-refractivity contribution in [1.82, 2.24) is 4.98 Å². The van der Waals surface area contributed by atoms with Gasteiger partial charge in [-0.1, -0.05) is 17.8 Å². The average molecular weight is 275 g/mol.